The van der Waals surface area contributed by atoms with Crippen molar-refractivity contribution in [2.75, 3.05) is 6.73 Å². The van der Waals surface area contributed by atoms with E-state index in [1.807, 2.05) is 35.7 Å². The van der Waals surface area contributed by atoms with Crippen LogP contribution in [0.4, 0.5) is 0 Å². The van der Waals surface area contributed by atoms with E-state index in [1.165, 1.54) is 5.56 Å². The molecular weight excluding hydrogens is 360 g/mol. The molecule has 0 spiro atoms. The van der Waals surface area contributed by atoms with Crippen LogP contribution >= 0.6 is 11.3 Å². The van der Waals surface area contributed by atoms with Gasteiger partial charge in [-0.25, -0.2) is 0 Å². The lowest BCUT2D eigenvalue weighted by Gasteiger charge is -2.29. The first-order chi connectivity index (χ1) is 13.3. The molecule has 0 saturated heterocycles. The molecule has 0 bridgehead atoms. The number of benzene rings is 1. The second kappa shape index (κ2) is 6.64. The predicted molar refractivity (Wildman–Crippen MR) is 103 cm³/mol. The number of pyridine rings is 1. The van der Waals surface area contributed by atoms with Gasteiger partial charge in [-0.15, -0.1) is 11.3 Å². The van der Waals surface area contributed by atoms with E-state index in [0.29, 0.717) is 30.3 Å². The summed E-state index contributed by atoms with van der Waals surface area (Å²) in [6.45, 7) is 1.91. The number of rotatable bonds is 3. The van der Waals surface area contributed by atoms with Crippen molar-refractivity contribution >= 4 is 23.2 Å². The maximum Gasteiger partial charge on any atom is 0.232 e. The summed E-state index contributed by atoms with van der Waals surface area (Å²) in [7, 11) is 0. The molecule has 0 unspecified atom stereocenters. The van der Waals surface area contributed by atoms with Crippen molar-refractivity contribution in [3.8, 4) is 11.5 Å². The first-order valence-corrected chi connectivity index (χ1v) is 9.53. The van der Waals surface area contributed by atoms with E-state index >= 15 is 0 Å². The number of nitrogens with zero attached hydrogens (tertiary/aromatic N) is 2. The van der Waals surface area contributed by atoms with Crippen molar-refractivity contribution in [1.29, 1.82) is 0 Å². The summed E-state index contributed by atoms with van der Waals surface area (Å²) in [6.07, 6.45) is 5.38. The summed E-state index contributed by atoms with van der Waals surface area (Å²) in [4.78, 5) is 20.0. The zero-order valence-electron chi connectivity index (χ0n) is 14.4. The number of hydrogen-bond acceptors (Lipinski definition) is 6. The fraction of sp³-hybridized carbons (Fsp3) is 0.143. The molecule has 0 fully saturated rings. The number of carbonyl (C=O) groups excluding carboxylic acids is 1. The molecule has 5 rings (SSSR count). The summed E-state index contributed by atoms with van der Waals surface area (Å²) in [6, 6.07) is 11.6. The number of thiophene rings is 1. The fourth-order valence-electron chi connectivity index (χ4n) is 3.35. The number of carbonyl (C=O) groups is 1. The number of ketones is 1. The Morgan fingerprint density at radius 1 is 1.19 bits per heavy atom. The SMILES string of the molecule is O=C1/C(=C/c2cccs2)Oc2c1ccc1c2CN(Cc2ccncc2)CO1. The third kappa shape index (κ3) is 3.03. The molecule has 2 aromatic heterocycles. The monoisotopic (exact) mass is 376 g/mol. The molecule has 3 aromatic rings. The van der Waals surface area contributed by atoms with E-state index in [1.54, 1.807) is 35.9 Å². The zero-order valence-corrected chi connectivity index (χ0v) is 15.2. The molecule has 27 heavy (non-hydrogen) atoms. The highest BCUT2D eigenvalue weighted by Crippen LogP contribution is 2.42. The van der Waals surface area contributed by atoms with E-state index in [2.05, 4.69) is 9.88 Å². The molecule has 0 amide bonds. The maximum absolute atomic E-state index is 12.7. The Balaban J connectivity index is 1.44. The van der Waals surface area contributed by atoms with Gasteiger partial charge in [0.2, 0.25) is 5.78 Å². The lowest BCUT2D eigenvalue weighted by Crippen LogP contribution is -2.31. The van der Waals surface area contributed by atoms with Gasteiger partial charge in [-0.05, 0) is 41.3 Å². The first kappa shape index (κ1) is 16.2. The van der Waals surface area contributed by atoms with Gasteiger partial charge in [-0.2, -0.15) is 0 Å². The van der Waals surface area contributed by atoms with Crippen LogP contribution in [0.3, 0.4) is 0 Å². The van der Waals surface area contributed by atoms with Crippen molar-refractivity contribution in [3.05, 3.63) is 81.5 Å². The van der Waals surface area contributed by atoms with E-state index in [0.717, 1.165) is 22.7 Å². The Bertz CT molecular complexity index is 1030. The van der Waals surface area contributed by atoms with Gasteiger partial charge >= 0.3 is 0 Å². The molecule has 4 heterocycles. The van der Waals surface area contributed by atoms with Gasteiger partial charge in [0.05, 0.1) is 11.1 Å². The molecule has 5 nitrogen and oxygen atoms in total. The van der Waals surface area contributed by atoms with Crippen LogP contribution in [0.15, 0.2) is 59.9 Å². The maximum atomic E-state index is 12.7. The van der Waals surface area contributed by atoms with Crippen molar-refractivity contribution in [3.63, 3.8) is 0 Å². The summed E-state index contributed by atoms with van der Waals surface area (Å²) in [5.74, 6) is 1.70. The number of ether oxygens (including phenoxy) is 2. The highest BCUT2D eigenvalue weighted by molar-refractivity contribution is 7.10. The van der Waals surface area contributed by atoms with Crippen molar-refractivity contribution in [2.24, 2.45) is 0 Å². The van der Waals surface area contributed by atoms with Crippen LogP contribution in [0.1, 0.15) is 26.4 Å². The lowest BCUT2D eigenvalue weighted by atomic mass is 10.0. The van der Waals surface area contributed by atoms with Crippen LogP contribution in [0, 0.1) is 0 Å². The molecule has 134 valence electrons. The summed E-state index contributed by atoms with van der Waals surface area (Å²) < 4.78 is 11.9. The molecule has 0 radical (unpaired) electrons. The molecule has 2 aliphatic rings. The van der Waals surface area contributed by atoms with Crippen LogP contribution in [-0.4, -0.2) is 22.4 Å². The van der Waals surface area contributed by atoms with E-state index in [-0.39, 0.29) is 5.78 Å². The second-order valence-electron chi connectivity index (χ2n) is 6.49. The average Bonchev–Trinajstić information content (AvgIpc) is 3.32. The van der Waals surface area contributed by atoms with Gasteiger partial charge in [0, 0.05) is 36.4 Å². The Kier molecular flexibility index (Phi) is 3.99. The van der Waals surface area contributed by atoms with Gasteiger partial charge < -0.3 is 9.47 Å². The topological polar surface area (TPSA) is 51.7 Å². The standard InChI is InChI=1S/C21H16N2O3S/c24-20-16-3-4-18-17(21(16)26-19(20)10-15-2-1-9-27-15)12-23(13-25-18)11-14-5-7-22-8-6-14/h1-10H,11-13H2/b19-10-. The van der Waals surface area contributed by atoms with Gasteiger partial charge in [0.25, 0.3) is 0 Å². The van der Waals surface area contributed by atoms with E-state index < -0.39 is 0 Å². The Morgan fingerprint density at radius 2 is 2.07 bits per heavy atom. The molecule has 2 aliphatic heterocycles. The summed E-state index contributed by atoms with van der Waals surface area (Å²) >= 11 is 1.57. The van der Waals surface area contributed by atoms with Crippen LogP contribution in [-0.2, 0) is 13.1 Å². The Labute approximate surface area is 160 Å². The van der Waals surface area contributed by atoms with Crippen molar-refractivity contribution < 1.29 is 14.3 Å². The quantitative estimate of drug-likeness (QED) is 0.644. The zero-order chi connectivity index (χ0) is 18.2. The number of allylic oxidation sites excluding steroid dienone is 1. The lowest BCUT2D eigenvalue weighted by molar-refractivity contribution is 0.0872. The van der Waals surface area contributed by atoms with E-state index in [9.17, 15) is 4.79 Å². The van der Waals surface area contributed by atoms with Crippen molar-refractivity contribution in [1.82, 2.24) is 9.88 Å². The molecule has 0 aliphatic carbocycles. The summed E-state index contributed by atoms with van der Waals surface area (Å²) in [5.41, 5.74) is 2.70. The molecule has 1 aromatic carbocycles. The van der Waals surface area contributed by atoms with Gasteiger partial charge in [-0.3, -0.25) is 14.7 Å². The van der Waals surface area contributed by atoms with Gasteiger partial charge in [0.15, 0.2) is 5.76 Å². The number of aromatic nitrogens is 1. The van der Waals surface area contributed by atoms with Gasteiger partial charge in [0.1, 0.15) is 18.2 Å². The fourth-order valence-corrected chi connectivity index (χ4v) is 4.00. The molecule has 0 saturated carbocycles. The normalized spacial score (nSPS) is 17.3. The van der Waals surface area contributed by atoms with Crippen LogP contribution in [0.2, 0.25) is 0 Å². The van der Waals surface area contributed by atoms with Crippen LogP contribution in [0.5, 0.6) is 11.5 Å². The molecule has 0 atom stereocenters. The number of hydrogen-bond donors (Lipinski definition) is 0. The third-order valence-electron chi connectivity index (χ3n) is 4.65. The van der Waals surface area contributed by atoms with Crippen LogP contribution in [0.25, 0.3) is 6.08 Å². The second-order valence-corrected chi connectivity index (χ2v) is 7.47. The molecule has 6 heteroatoms. The Hall–Kier alpha value is -2.96. The Morgan fingerprint density at radius 3 is 2.89 bits per heavy atom. The van der Waals surface area contributed by atoms with E-state index in [4.69, 9.17) is 9.47 Å². The molecular formula is C21H16N2O3S. The number of fused-ring (bicyclic) bond motifs is 3. The minimum atomic E-state index is -0.0764. The minimum absolute atomic E-state index is 0.0764. The molecule has 0 N–H and O–H groups in total. The van der Waals surface area contributed by atoms with Gasteiger partial charge in [-0.1, -0.05) is 6.07 Å². The van der Waals surface area contributed by atoms with Crippen LogP contribution < -0.4 is 9.47 Å². The predicted octanol–water partition coefficient (Wildman–Crippen LogP) is 4.11. The third-order valence-corrected chi connectivity index (χ3v) is 5.47. The minimum Gasteiger partial charge on any atom is -0.478 e. The average molecular weight is 376 g/mol. The first-order valence-electron chi connectivity index (χ1n) is 8.65. The largest absolute Gasteiger partial charge is 0.478 e. The highest BCUT2D eigenvalue weighted by Gasteiger charge is 2.33. The van der Waals surface area contributed by atoms with Crippen molar-refractivity contribution in [2.45, 2.75) is 13.1 Å². The highest BCUT2D eigenvalue weighted by atomic mass is 32.1. The smallest absolute Gasteiger partial charge is 0.232 e. The summed E-state index contributed by atoms with van der Waals surface area (Å²) in [5, 5.41) is 1.98. The number of Topliss-reactive ketones (excluding diaryl/α,β-unsaturated/α-hetero) is 1.